The number of hydrogen-bond acceptors (Lipinski definition) is 1. The molecule has 1 unspecified atom stereocenters. The predicted molar refractivity (Wildman–Crippen MR) is 47.0 cm³/mol. The van der Waals surface area contributed by atoms with E-state index in [4.69, 9.17) is 17.3 Å². The van der Waals surface area contributed by atoms with E-state index in [1.54, 1.807) is 6.08 Å². The number of halogens is 1. The van der Waals surface area contributed by atoms with Gasteiger partial charge in [0.1, 0.15) is 0 Å². The van der Waals surface area contributed by atoms with Gasteiger partial charge in [-0.05, 0) is 13.8 Å². The summed E-state index contributed by atoms with van der Waals surface area (Å²) in [6.45, 7) is 7.51. The summed E-state index contributed by atoms with van der Waals surface area (Å²) in [5.41, 5.74) is 7.63. The Kier molecular flexibility index (Phi) is 4.21. The molecule has 0 amide bonds. The fourth-order valence-electron chi connectivity index (χ4n) is 0.498. The minimum absolute atomic E-state index is 0.0325. The largest absolute Gasteiger partial charge is 0.402 e. The molecular formula is C8H14ClN. The van der Waals surface area contributed by atoms with Crippen LogP contribution in [0.2, 0.25) is 0 Å². The molecule has 2 heteroatoms. The zero-order valence-corrected chi connectivity index (χ0v) is 7.28. The summed E-state index contributed by atoms with van der Waals surface area (Å²) in [5, 5.41) is -0.0325. The number of allylic oxidation sites excluding steroid dienone is 3. The van der Waals surface area contributed by atoms with Gasteiger partial charge < -0.3 is 5.73 Å². The highest BCUT2D eigenvalue weighted by Gasteiger charge is 2.00. The van der Waals surface area contributed by atoms with Crippen molar-refractivity contribution in [3.05, 3.63) is 23.9 Å². The highest BCUT2D eigenvalue weighted by Crippen LogP contribution is 2.10. The first-order valence-corrected chi connectivity index (χ1v) is 3.70. The molecule has 0 aromatic heterocycles. The van der Waals surface area contributed by atoms with Crippen LogP contribution in [0.1, 0.15) is 20.3 Å². The molecule has 0 radical (unpaired) electrons. The van der Waals surface area contributed by atoms with Crippen molar-refractivity contribution >= 4 is 11.6 Å². The van der Waals surface area contributed by atoms with Crippen LogP contribution < -0.4 is 5.73 Å². The Morgan fingerprint density at radius 2 is 2.20 bits per heavy atom. The molecule has 2 N–H and O–H groups in total. The third-order valence-corrected chi connectivity index (χ3v) is 1.65. The van der Waals surface area contributed by atoms with Crippen molar-refractivity contribution in [2.45, 2.75) is 25.6 Å². The Bertz CT molecular complexity index is 145. The molecule has 0 spiro atoms. The van der Waals surface area contributed by atoms with Crippen LogP contribution in [-0.2, 0) is 0 Å². The van der Waals surface area contributed by atoms with Crippen molar-refractivity contribution in [2.24, 2.45) is 5.73 Å². The standard InChI is InChI=1S/C8H14ClN/c1-4-7(9)5-8(10)6(2)3/h4,7H,1,5,10H2,2-3H3. The maximum absolute atomic E-state index is 5.77. The van der Waals surface area contributed by atoms with Gasteiger partial charge in [-0.25, -0.2) is 0 Å². The van der Waals surface area contributed by atoms with Gasteiger partial charge in [-0.1, -0.05) is 11.6 Å². The molecule has 10 heavy (non-hydrogen) atoms. The predicted octanol–water partition coefficient (Wildman–Crippen LogP) is 2.42. The van der Waals surface area contributed by atoms with Gasteiger partial charge in [-0.3, -0.25) is 0 Å². The summed E-state index contributed by atoms with van der Waals surface area (Å²) in [5.74, 6) is 0. The second-order valence-electron chi connectivity index (χ2n) is 2.48. The average Bonchev–Trinajstić information content (AvgIpc) is 1.87. The van der Waals surface area contributed by atoms with Crippen molar-refractivity contribution in [1.29, 1.82) is 0 Å². The highest BCUT2D eigenvalue weighted by molar-refractivity contribution is 6.21. The van der Waals surface area contributed by atoms with E-state index in [2.05, 4.69) is 6.58 Å². The summed E-state index contributed by atoms with van der Waals surface area (Å²) in [7, 11) is 0. The Balaban J connectivity index is 3.91. The molecule has 0 rings (SSSR count). The Morgan fingerprint density at radius 3 is 2.50 bits per heavy atom. The minimum atomic E-state index is -0.0325. The number of rotatable bonds is 3. The van der Waals surface area contributed by atoms with Gasteiger partial charge in [-0.15, -0.1) is 18.2 Å². The SMILES string of the molecule is C=CC(Cl)CC(N)=C(C)C. The molecule has 0 bridgehead atoms. The first-order chi connectivity index (χ1) is 4.57. The molecule has 1 atom stereocenters. The third kappa shape index (κ3) is 3.57. The highest BCUT2D eigenvalue weighted by atomic mass is 35.5. The van der Waals surface area contributed by atoms with E-state index in [0.717, 1.165) is 11.3 Å². The Labute approximate surface area is 67.6 Å². The summed E-state index contributed by atoms with van der Waals surface area (Å²) in [4.78, 5) is 0. The van der Waals surface area contributed by atoms with Gasteiger partial charge in [-0.2, -0.15) is 0 Å². The van der Waals surface area contributed by atoms with Crippen molar-refractivity contribution in [3.63, 3.8) is 0 Å². The molecule has 0 aliphatic carbocycles. The topological polar surface area (TPSA) is 26.0 Å². The quantitative estimate of drug-likeness (QED) is 0.497. The van der Waals surface area contributed by atoms with E-state index < -0.39 is 0 Å². The molecule has 58 valence electrons. The molecule has 0 saturated heterocycles. The second kappa shape index (κ2) is 4.40. The van der Waals surface area contributed by atoms with Gasteiger partial charge in [0.05, 0.1) is 5.38 Å². The van der Waals surface area contributed by atoms with Crippen LogP contribution in [0.3, 0.4) is 0 Å². The van der Waals surface area contributed by atoms with E-state index in [9.17, 15) is 0 Å². The fraction of sp³-hybridized carbons (Fsp3) is 0.500. The second-order valence-corrected chi connectivity index (χ2v) is 3.04. The van der Waals surface area contributed by atoms with Crippen molar-refractivity contribution < 1.29 is 0 Å². The Hall–Kier alpha value is -0.430. The average molecular weight is 160 g/mol. The van der Waals surface area contributed by atoms with Crippen molar-refractivity contribution in [3.8, 4) is 0 Å². The van der Waals surface area contributed by atoms with Crippen LogP contribution in [0, 0.1) is 0 Å². The first kappa shape index (κ1) is 9.57. The molecule has 0 aromatic carbocycles. The lowest BCUT2D eigenvalue weighted by molar-refractivity contribution is 0.943. The molecule has 0 aliphatic rings. The molecule has 0 heterocycles. The van der Waals surface area contributed by atoms with Crippen LogP contribution in [-0.4, -0.2) is 5.38 Å². The van der Waals surface area contributed by atoms with Crippen molar-refractivity contribution in [1.82, 2.24) is 0 Å². The molecule has 1 nitrogen and oxygen atoms in total. The minimum Gasteiger partial charge on any atom is -0.402 e. The molecule has 0 aromatic rings. The Morgan fingerprint density at radius 1 is 1.70 bits per heavy atom. The summed E-state index contributed by atoms with van der Waals surface area (Å²) < 4.78 is 0. The van der Waals surface area contributed by atoms with Crippen LogP contribution in [0.4, 0.5) is 0 Å². The summed E-state index contributed by atoms with van der Waals surface area (Å²) in [6, 6.07) is 0. The zero-order valence-electron chi connectivity index (χ0n) is 6.52. The lowest BCUT2D eigenvalue weighted by Gasteiger charge is -2.05. The van der Waals surface area contributed by atoms with Gasteiger partial charge >= 0.3 is 0 Å². The van der Waals surface area contributed by atoms with Crippen LogP contribution in [0.5, 0.6) is 0 Å². The normalized spacial score (nSPS) is 12.3. The smallest absolute Gasteiger partial charge is 0.0567 e. The fourth-order valence-corrected chi connectivity index (χ4v) is 0.664. The van der Waals surface area contributed by atoms with Crippen LogP contribution in [0.15, 0.2) is 23.9 Å². The van der Waals surface area contributed by atoms with Gasteiger partial charge in [0.15, 0.2) is 0 Å². The third-order valence-electron chi connectivity index (χ3n) is 1.31. The van der Waals surface area contributed by atoms with Crippen LogP contribution >= 0.6 is 11.6 Å². The molecule has 0 fully saturated rings. The maximum Gasteiger partial charge on any atom is 0.0567 e. The monoisotopic (exact) mass is 159 g/mol. The first-order valence-electron chi connectivity index (χ1n) is 3.26. The number of alkyl halides is 1. The summed E-state index contributed by atoms with van der Waals surface area (Å²) >= 11 is 5.77. The van der Waals surface area contributed by atoms with E-state index in [0.29, 0.717) is 6.42 Å². The van der Waals surface area contributed by atoms with Gasteiger partial charge in [0.2, 0.25) is 0 Å². The maximum atomic E-state index is 5.77. The van der Waals surface area contributed by atoms with Gasteiger partial charge in [0.25, 0.3) is 0 Å². The van der Waals surface area contributed by atoms with Crippen LogP contribution in [0.25, 0.3) is 0 Å². The number of nitrogens with two attached hydrogens (primary N) is 1. The summed E-state index contributed by atoms with van der Waals surface area (Å²) in [6.07, 6.45) is 2.39. The van der Waals surface area contributed by atoms with E-state index in [-0.39, 0.29) is 5.38 Å². The zero-order chi connectivity index (χ0) is 8.15. The molecular weight excluding hydrogens is 146 g/mol. The van der Waals surface area contributed by atoms with Crippen molar-refractivity contribution in [2.75, 3.05) is 0 Å². The molecule has 0 saturated carbocycles. The van der Waals surface area contributed by atoms with Gasteiger partial charge in [0, 0.05) is 12.1 Å². The number of hydrogen-bond donors (Lipinski definition) is 1. The molecule has 0 aliphatic heterocycles. The van der Waals surface area contributed by atoms with E-state index in [1.165, 1.54) is 0 Å². The van der Waals surface area contributed by atoms with E-state index >= 15 is 0 Å². The van der Waals surface area contributed by atoms with E-state index in [1.807, 2.05) is 13.8 Å². The lowest BCUT2D eigenvalue weighted by Crippen LogP contribution is -2.05. The lowest BCUT2D eigenvalue weighted by atomic mass is 10.1.